The molecule has 0 aliphatic carbocycles. The van der Waals surface area contributed by atoms with E-state index in [0.29, 0.717) is 12.5 Å². The van der Waals surface area contributed by atoms with Crippen LogP contribution in [-0.4, -0.2) is 38.8 Å². The summed E-state index contributed by atoms with van der Waals surface area (Å²) in [6.07, 6.45) is 3.39. The number of likely N-dealkylation sites (tertiary alicyclic amines) is 1. The summed E-state index contributed by atoms with van der Waals surface area (Å²) in [4.78, 5) is 27.4. The Balaban J connectivity index is 1.83. The van der Waals surface area contributed by atoms with Gasteiger partial charge in [0.2, 0.25) is 11.9 Å². The molecule has 3 rings (SSSR count). The van der Waals surface area contributed by atoms with Crippen LogP contribution >= 0.6 is 0 Å². The number of pyridine rings is 1. The summed E-state index contributed by atoms with van der Waals surface area (Å²) in [6.45, 7) is 10.9. The van der Waals surface area contributed by atoms with Crippen molar-refractivity contribution in [3.8, 4) is 0 Å². The predicted molar refractivity (Wildman–Crippen MR) is 103 cm³/mol. The Labute approximate surface area is 154 Å². The summed E-state index contributed by atoms with van der Waals surface area (Å²) in [5.41, 5.74) is 4.71. The van der Waals surface area contributed by atoms with Gasteiger partial charge < -0.3 is 10.2 Å². The van der Waals surface area contributed by atoms with Gasteiger partial charge in [-0.15, -0.1) is 0 Å². The van der Waals surface area contributed by atoms with E-state index in [0.717, 1.165) is 47.8 Å². The van der Waals surface area contributed by atoms with Crippen LogP contribution in [0.5, 0.6) is 0 Å². The first-order valence-corrected chi connectivity index (χ1v) is 8.94. The third-order valence-corrected chi connectivity index (χ3v) is 4.54. The molecule has 0 aromatic carbocycles. The van der Waals surface area contributed by atoms with Crippen molar-refractivity contribution >= 4 is 17.5 Å². The standard InChI is InChI=1S/C20H25N5O/c1-5-19(26)25-8-6-7-16(12-25)18-11-17(10-15(4)21-18)24-20-22-13(2)9-14(3)23-20/h5,9-11,16H,1,6-8,12H2,2-4H3,(H,21,22,23,24)/t16-/m0/s1. The number of hydrogen-bond acceptors (Lipinski definition) is 5. The van der Waals surface area contributed by atoms with Crippen molar-refractivity contribution in [3.63, 3.8) is 0 Å². The molecule has 1 amide bonds. The van der Waals surface area contributed by atoms with Gasteiger partial charge in [0.05, 0.1) is 0 Å². The van der Waals surface area contributed by atoms with Gasteiger partial charge in [-0.2, -0.15) is 0 Å². The maximum absolute atomic E-state index is 11.9. The van der Waals surface area contributed by atoms with Gasteiger partial charge in [0, 0.05) is 47.5 Å². The van der Waals surface area contributed by atoms with Crippen LogP contribution in [0.2, 0.25) is 0 Å². The molecule has 0 unspecified atom stereocenters. The zero-order valence-corrected chi connectivity index (χ0v) is 15.6. The molecule has 6 heteroatoms. The lowest BCUT2D eigenvalue weighted by molar-refractivity contribution is -0.127. The summed E-state index contributed by atoms with van der Waals surface area (Å²) in [5.74, 6) is 0.809. The number of aromatic nitrogens is 3. The summed E-state index contributed by atoms with van der Waals surface area (Å²) in [6, 6.07) is 5.97. The summed E-state index contributed by atoms with van der Waals surface area (Å²) in [5, 5.41) is 3.29. The first-order valence-electron chi connectivity index (χ1n) is 8.94. The molecule has 1 aliphatic rings. The fourth-order valence-electron chi connectivity index (χ4n) is 3.43. The van der Waals surface area contributed by atoms with E-state index in [2.05, 4.69) is 21.9 Å². The Bertz CT molecular complexity index is 813. The van der Waals surface area contributed by atoms with Gasteiger partial charge >= 0.3 is 0 Å². The van der Waals surface area contributed by atoms with E-state index in [1.165, 1.54) is 6.08 Å². The lowest BCUT2D eigenvalue weighted by Crippen LogP contribution is -2.38. The number of nitrogens with one attached hydrogen (secondary N) is 1. The van der Waals surface area contributed by atoms with Gasteiger partial charge in [-0.3, -0.25) is 9.78 Å². The highest BCUT2D eigenvalue weighted by Gasteiger charge is 2.24. The van der Waals surface area contributed by atoms with E-state index >= 15 is 0 Å². The number of piperidine rings is 1. The van der Waals surface area contributed by atoms with Crippen LogP contribution in [0.3, 0.4) is 0 Å². The van der Waals surface area contributed by atoms with Gasteiger partial charge in [0.15, 0.2) is 0 Å². The van der Waals surface area contributed by atoms with Gasteiger partial charge in [-0.25, -0.2) is 9.97 Å². The fraction of sp³-hybridized carbons (Fsp3) is 0.400. The van der Waals surface area contributed by atoms with E-state index in [-0.39, 0.29) is 11.8 Å². The van der Waals surface area contributed by atoms with Crippen molar-refractivity contribution in [1.29, 1.82) is 0 Å². The average molecular weight is 351 g/mol. The minimum absolute atomic E-state index is 0.00987. The second-order valence-electron chi connectivity index (χ2n) is 6.85. The molecule has 0 radical (unpaired) electrons. The Hall–Kier alpha value is -2.76. The Morgan fingerprint density at radius 3 is 2.54 bits per heavy atom. The second-order valence-corrected chi connectivity index (χ2v) is 6.85. The highest BCUT2D eigenvalue weighted by Crippen LogP contribution is 2.28. The number of carbonyl (C=O) groups excluding carboxylic acids is 1. The third kappa shape index (κ3) is 4.25. The van der Waals surface area contributed by atoms with E-state index in [1.807, 2.05) is 43.9 Å². The molecule has 3 heterocycles. The molecule has 1 N–H and O–H groups in total. The van der Waals surface area contributed by atoms with Crippen molar-refractivity contribution in [1.82, 2.24) is 19.9 Å². The minimum atomic E-state index is -0.00987. The number of carbonyl (C=O) groups is 1. The normalized spacial score (nSPS) is 17.0. The van der Waals surface area contributed by atoms with Crippen LogP contribution in [0.1, 0.15) is 41.5 Å². The molecule has 136 valence electrons. The lowest BCUT2D eigenvalue weighted by atomic mass is 9.93. The van der Waals surface area contributed by atoms with Gasteiger partial charge in [0.1, 0.15) is 0 Å². The maximum atomic E-state index is 11.9. The van der Waals surface area contributed by atoms with Crippen molar-refractivity contribution in [3.05, 3.63) is 53.6 Å². The smallest absolute Gasteiger partial charge is 0.245 e. The Morgan fingerprint density at radius 2 is 1.85 bits per heavy atom. The van der Waals surface area contributed by atoms with Crippen LogP contribution in [0.4, 0.5) is 11.6 Å². The lowest BCUT2D eigenvalue weighted by Gasteiger charge is -2.32. The molecule has 26 heavy (non-hydrogen) atoms. The minimum Gasteiger partial charge on any atom is -0.339 e. The third-order valence-electron chi connectivity index (χ3n) is 4.54. The predicted octanol–water partition coefficient (Wildman–Crippen LogP) is 3.43. The van der Waals surface area contributed by atoms with Gasteiger partial charge in [0.25, 0.3) is 0 Å². The molecule has 1 aliphatic heterocycles. The van der Waals surface area contributed by atoms with Crippen molar-refractivity contribution in [2.24, 2.45) is 0 Å². The van der Waals surface area contributed by atoms with Crippen molar-refractivity contribution in [2.75, 3.05) is 18.4 Å². The monoisotopic (exact) mass is 351 g/mol. The van der Waals surface area contributed by atoms with E-state index in [4.69, 9.17) is 4.98 Å². The van der Waals surface area contributed by atoms with Crippen molar-refractivity contribution < 1.29 is 4.79 Å². The molecular weight excluding hydrogens is 326 g/mol. The first-order chi connectivity index (χ1) is 12.4. The first kappa shape index (κ1) is 18.0. The quantitative estimate of drug-likeness (QED) is 0.855. The van der Waals surface area contributed by atoms with Gasteiger partial charge in [-0.05, 0) is 57.9 Å². The fourth-order valence-corrected chi connectivity index (χ4v) is 3.43. The molecule has 0 spiro atoms. The van der Waals surface area contributed by atoms with E-state index in [9.17, 15) is 4.79 Å². The number of hydrogen-bond donors (Lipinski definition) is 1. The van der Waals surface area contributed by atoms with Gasteiger partial charge in [-0.1, -0.05) is 6.58 Å². The molecule has 0 bridgehead atoms. The Kier molecular flexibility index (Phi) is 5.30. The highest BCUT2D eigenvalue weighted by atomic mass is 16.2. The van der Waals surface area contributed by atoms with Crippen LogP contribution < -0.4 is 5.32 Å². The highest BCUT2D eigenvalue weighted by molar-refractivity contribution is 5.87. The summed E-state index contributed by atoms with van der Waals surface area (Å²) in [7, 11) is 0. The van der Waals surface area contributed by atoms with Crippen LogP contribution in [-0.2, 0) is 4.79 Å². The van der Waals surface area contributed by atoms with Crippen molar-refractivity contribution in [2.45, 2.75) is 39.5 Å². The number of aryl methyl sites for hydroxylation is 3. The zero-order valence-electron chi connectivity index (χ0n) is 15.6. The number of anilines is 2. The molecule has 1 fully saturated rings. The summed E-state index contributed by atoms with van der Waals surface area (Å²) < 4.78 is 0. The Morgan fingerprint density at radius 1 is 1.15 bits per heavy atom. The molecule has 2 aromatic rings. The van der Waals surface area contributed by atoms with E-state index in [1.54, 1.807) is 0 Å². The van der Waals surface area contributed by atoms with Crippen LogP contribution in [0.25, 0.3) is 0 Å². The maximum Gasteiger partial charge on any atom is 0.245 e. The molecule has 0 saturated carbocycles. The molecule has 1 saturated heterocycles. The molecule has 1 atom stereocenters. The number of rotatable bonds is 4. The molecular formula is C20H25N5O. The largest absolute Gasteiger partial charge is 0.339 e. The summed E-state index contributed by atoms with van der Waals surface area (Å²) >= 11 is 0. The SMILES string of the molecule is C=CC(=O)N1CCC[C@H](c2cc(Nc3nc(C)cc(C)n3)cc(C)n2)C1. The molecule has 2 aromatic heterocycles. The van der Waals surface area contributed by atoms with Crippen LogP contribution in [0, 0.1) is 20.8 Å². The van der Waals surface area contributed by atoms with E-state index < -0.39 is 0 Å². The number of amides is 1. The second kappa shape index (κ2) is 7.64. The number of nitrogens with zero attached hydrogens (tertiary/aromatic N) is 4. The molecule has 6 nitrogen and oxygen atoms in total. The zero-order chi connectivity index (χ0) is 18.7. The van der Waals surface area contributed by atoms with Crippen LogP contribution in [0.15, 0.2) is 30.9 Å². The average Bonchev–Trinajstić information content (AvgIpc) is 2.59. The topological polar surface area (TPSA) is 71.0 Å².